The summed E-state index contributed by atoms with van der Waals surface area (Å²) >= 11 is 0. The van der Waals surface area contributed by atoms with Crippen molar-refractivity contribution in [1.82, 2.24) is 19.5 Å². The van der Waals surface area contributed by atoms with Gasteiger partial charge in [0.1, 0.15) is 35.3 Å². The number of aliphatic hydroxyl groups is 1. The summed E-state index contributed by atoms with van der Waals surface area (Å²) in [5.41, 5.74) is 1.96. The van der Waals surface area contributed by atoms with E-state index in [-0.39, 0.29) is 35.6 Å². The SMILES string of the molecule is C[C@@H](O)C(=O)N1CCN(c2ccc(NC(=O)c3cnn4ccc(N5C[C@@H](F)C[C@@H]5c5cc(F)ccc5F)nc34)cc2)CC1. The number of amides is 2. The molecule has 43 heavy (non-hydrogen) atoms. The highest BCUT2D eigenvalue weighted by molar-refractivity contribution is 6.08. The number of nitrogens with zero attached hydrogens (tertiary/aromatic N) is 6. The molecule has 0 radical (unpaired) electrons. The van der Waals surface area contributed by atoms with E-state index in [0.29, 0.717) is 37.7 Å². The summed E-state index contributed by atoms with van der Waals surface area (Å²) < 4.78 is 44.5. The van der Waals surface area contributed by atoms with Crippen molar-refractivity contribution in [2.75, 3.05) is 47.8 Å². The molecule has 2 aromatic carbocycles. The molecule has 2 aliphatic rings. The Morgan fingerprint density at radius 1 is 1.05 bits per heavy atom. The third-order valence-corrected chi connectivity index (χ3v) is 7.90. The van der Waals surface area contributed by atoms with Crippen molar-refractivity contribution < 1.29 is 27.9 Å². The van der Waals surface area contributed by atoms with Crippen molar-refractivity contribution >= 4 is 34.7 Å². The van der Waals surface area contributed by atoms with Gasteiger partial charge in [0.05, 0.1) is 18.8 Å². The van der Waals surface area contributed by atoms with E-state index in [1.807, 2.05) is 12.1 Å². The number of nitrogens with one attached hydrogen (secondary N) is 1. The van der Waals surface area contributed by atoms with Crippen molar-refractivity contribution in [3.63, 3.8) is 0 Å². The first-order valence-corrected chi connectivity index (χ1v) is 14.0. The first kappa shape index (κ1) is 28.5. The minimum atomic E-state index is -1.27. The molecule has 13 heteroatoms. The Labute approximate surface area is 245 Å². The molecule has 0 spiro atoms. The van der Waals surface area contributed by atoms with E-state index < -0.39 is 35.9 Å². The number of carbonyl (C=O) groups excluding carboxylic acids is 2. The van der Waals surface area contributed by atoms with Crippen LogP contribution in [0.5, 0.6) is 0 Å². The predicted octanol–water partition coefficient (Wildman–Crippen LogP) is 3.58. The summed E-state index contributed by atoms with van der Waals surface area (Å²) in [6, 6.07) is 11.3. The van der Waals surface area contributed by atoms with Gasteiger partial charge in [-0.25, -0.2) is 22.7 Å². The van der Waals surface area contributed by atoms with E-state index in [1.165, 1.54) is 17.6 Å². The van der Waals surface area contributed by atoms with Gasteiger partial charge in [-0.3, -0.25) is 9.59 Å². The fraction of sp³-hybridized carbons (Fsp3) is 0.333. The highest BCUT2D eigenvalue weighted by Crippen LogP contribution is 2.38. The second kappa shape index (κ2) is 11.6. The molecular formula is C30H30F3N7O3. The number of anilines is 3. The van der Waals surface area contributed by atoms with Crippen LogP contribution >= 0.6 is 0 Å². The average Bonchev–Trinajstić information content (AvgIpc) is 3.61. The van der Waals surface area contributed by atoms with Crippen LogP contribution in [0.2, 0.25) is 0 Å². The molecule has 224 valence electrons. The number of benzene rings is 2. The third kappa shape index (κ3) is 5.72. The van der Waals surface area contributed by atoms with Crippen molar-refractivity contribution in [3.05, 3.63) is 83.7 Å². The van der Waals surface area contributed by atoms with E-state index in [0.717, 1.165) is 23.9 Å². The van der Waals surface area contributed by atoms with Crippen LogP contribution in [-0.4, -0.2) is 81.4 Å². The van der Waals surface area contributed by atoms with E-state index in [2.05, 4.69) is 20.3 Å². The Balaban J connectivity index is 1.17. The Hall–Kier alpha value is -4.65. The molecule has 4 aromatic rings. The second-order valence-electron chi connectivity index (χ2n) is 10.8. The zero-order chi connectivity index (χ0) is 30.2. The van der Waals surface area contributed by atoms with Crippen LogP contribution in [0.15, 0.2) is 60.9 Å². The molecule has 2 fully saturated rings. The van der Waals surface area contributed by atoms with Crippen molar-refractivity contribution in [1.29, 1.82) is 0 Å². The number of fused-ring (bicyclic) bond motifs is 1. The third-order valence-electron chi connectivity index (χ3n) is 7.90. The number of alkyl halides is 1. The standard InChI is InChI=1S/C30H30F3N7O3/c1-18(41)30(43)38-12-10-37(11-13-38)22-5-3-21(4-6-22)35-29(42)24-16-34-40-9-8-27(36-28(24)40)39-17-20(32)15-26(39)23-14-19(31)2-7-25(23)33/h2-9,14,16,18,20,26,41H,10-13,15,17H2,1H3,(H,35,42)/t18-,20+,26-/m1/s1. The summed E-state index contributed by atoms with van der Waals surface area (Å²) in [5.74, 6) is -1.66. The van der Waals surface area contributed by atoms with Gasteiger partial charge in [0, 0.05) is 55.7 Å². The topological polar surface area (TPSA) is 106 Å². The molecule has 2 aromatic heterocycles. The smallest absolute Gasteiger partial charge is 0.261 e. The quantitative estimate of drug-likeness (QED) is 0.352. The minimum absolute atomic E-state index is 0.0223. The minimum Gasteiger partial charge on any atom is -0.384 e. The van der Waals surface area contributed by atoms with Gasteiger partial charge in [-0.15, -0.1) is 0 Å². The van der Waals surface area contributed by atoms with Crippen LogP contribution in [0.4, 0.5) is 30.4 Å². The number of aliphatic hydroxyl groups excluding tert-OH is 1. The molecular weight excluding hydrogens is 563 g/mol. The number of rotatable bonds is 6. The lowest BCUT2D eigenvalue weighted by molar-refractivity contribution is -0.139. The van der Waals surface area contributed by atoms with Gasteiger partial charge in [0.25, 0.3) is 11.8 Å². The number of hydrogen-bond donors (Lipinski definition) is 2. The Bertz CT molecular complexity index is 1650. The van der Waals surface area contributed by atoms with E-state index >= 15 is 0 Å². The summed E-state index contributed by atoms with van der Waals surface area (Å²) in [6.45, 7) is 3.66. The molecule has 2 N–H and O–H groups in total. The van der Waals surface area contributed by atoms with Crippen molar-refractivity contribution in [2.24, 2.45) is 0 Å². The summed E-state index contributed by atoms with van der Waals surface area (Å²) in [6.07, 6.45) is 0.661. The number of hydrogen-bond acceptors (Lipinski definition) is 7. The first-order chi connectivity index (χ1) is 20.7. The second-order valence-corrected chi connectivity index (χ2v) is 10.8. The largest absolute Gasteiger partial charge is 0.384 e. The van der Waals surface area contributed by atoms with Crippen LogP contribution in [0, 0.1) is 11.6 Å². The molecule has 2 aliphatic heterocycles. The van der Waals surface area contributed by atoms with Gasteiger partial charge < -0.3 is 25.1 Å². The van der Waals surface area contributed by atoms with E-state index in [1.54, 1.807) is 34.2 Å². The fourth-order valence-corrected chi connectivity index (χ4v) is 5.69. The number of carbonyl (C=O) groups is 2. The van der Waals surface area contributed by atoms with Gasteiger partial charge in [0.15, 0.2) is 5.65 Å². The maximum Gasteiger partial charge on any atom is 0.261 e. The number of halogens is 3. The average molecular weight is 594 g/mol. The molecule has 2 saturated heterocycles. The van der Waals surface area contributed by atoms with E-state index in [4.69, 9.17) is 0 Å². The molecule has 0 unspecified atom stereocenters. The maximum atomic E-state index is 14.6. The number of piperazine rings is 1. The highest BCUT2D eigenvalue weighted by atomic mass is 19.1. The van der Waals surface area contributed by atoms with E-state index in [9.17, 15) is 27.9 Å². The van der Waals surface area contributed by atoms with Gasteiger partial charge >= 0.3 is 0 Å². The van der Waals surface area contributed by atoms with Crippen molar-refractivity contribution in [2.45, 2.75) is 31.7 Å². The summed E-state index contributed by atoms with van der Waals surface area (Å²) in [4.78, 5) is 35.2. The first-order valence-electron chi connectivity index (χ1n) is 14.0. The molecule has 0 bridgehead atoms. The zero-order valence-corrected chi connectivity index (χ0v) is 23.3. The van der Waals surface area contributed by atoms with Gasteiger partial charge in [-0.1, -0.05) is 0 Å². The van der Waals surface area contributed by atoms with Gasteiger partial charge in [0.2, 0.25) is 0 Å². The van der Waals surface area contributed by atoms with Crippen LogP contribution < -0.4 is 15.1 Å². The normalized spacial score (nSPS) is 19.6. The predicted molar refractivity (Wildman–Crippen MR) is 154 cm³/mol. The Morgan fingerprint density at radius 2 is 1.79 bits per heavy atom. The Kier molecular flexibility index (Phi) is 7.65. The zero-order valence-electron chi connectivity index (χ0n) is 23.3. The highest BCUT2D eigenvalue weighted by Gasteiger charge is 2.36. The lowest BCUT2D eigenvalue weighted by atomic mass is 10.0. The molecule has 6 rings (SSSR count). The summed E-state index contributed by atoms with van der Waals surface area (Å²) in [5, 5.41) is 16.6. The van der Waals surface area contributed by atoms with Crippen LogP contribution in [0.25, 0.3) is 5.65 Å². The van der Waals surface area contributed by atoms with Crippen LogP contribution in [-0.2, 0) is 4.79 Å². The lowest BCUT2D eigenvalue weighted by Crippen LogP contribution is -2.51. The maximum absolute atomic E-state index is 14.6. The van der Waals surface area contributed by atoms with Crippen LogP contribution in [0.1, 0.15) is 35.3 Å². The molecule has 10 nitrogen and oxygen atoms in total. The molecule has 4 heterocycles. The molecule has 0 saturated carbocycles. The fourth-order valence-electron chi connectivity index (χ4n) is 5.69. The van der Waals surface area contributed by atoms with Gasteiger partial charge in [-0.05, 0) is 55.5 Å². The monoisotopic (exact) mass is 593 g/mol. The Morgan fingerprint density at radius 3 is 2.51 bits per heavy atom. The van der Waals surface area contributed by atoms with Crippen molar-refractivity contribution in [3.8, 4) is 0 Å². The van der Waals surface area contributed by atoms with Gasteiger partial charge in [-0.2, -0.15) is 5.10 Å². The van der Waals surface area contributed by atoms with Crippen LogP contribution in [0.3, 0.4) is 0 Å². The number of aromatic nitrogens is 3. The molecule has 0 aliphatic carbocycles. The molecule has 2 amide bonds. The summed E-state index contributed by atoms with van der Waals surface area (Å²) in [7, 11) is 0. The lowest BCUT2D eigenvalue weighted by Gasteiger charge is -2.36. The molecule has 3 atom stereocenters.